The van der Waals surface area contributed by atoms with Crippen LogP contribution in [-0.2, 0) is 20.2 Å². The van der Waals surface area contributed by atoms with Gasteiger partial charge in [0.2, 0.25) is 15.9 Å². The van der Waals surface area contributed by atoms with E-state index in [4.69, 9.17) is 11.6 Å². The van der Waals surface area contributed by atoms with Gasteiger partial charge in [-0.3, -0.25) is 4.79 Å². The van der Waals surface area contributed by atoms with E-state index in [0.717, 1.165) is 18.4 Å². The normalized spacial score (nSPS) is 24.6. The first-order chi connectivity index (χ1) is 14.1. The number of benzene rings is 2. The molecule has 156 valence electrons. The van der Waals surface area contributed by atoms with Crippen molar-refractivity contribution >= 4 is 39.2 Å². The van der Waals surface area contributed by atoms with E-state index in [0.29, 0.717) is 23.2 Å². The van der Waals surface area contributed by atoms with Crippen LogP contribution in [0.4, 0.5) is 5.69 Å². The van der Waals surface area contributed by atoms with Crippen LogP contribution in [0.2, 0.25) is 5.02 Å². The molecule has 2 aromatic rings. The number of carbonyl (C=O) groups excluding carboxylic acids is 1. The zero-order chi connectivity index (χ0) is 21.4. The van der Waals surface area contributed by atoms with Gasteiger partial charge in [0, 0.05) is 17.6 Å². The molecule has 1 spiro atoms. The first-order valence-electron chi connectivity index (χ1n) is 9.65. The zero-order valence-electron chi connectivity index (χ0n) is 16.0. The summed E-state index contributed by atoms with van der Waals surface area (Å²) in [6, 6.07) is 8.07. The fourth-order valence-corrected chi connectivity index (χ4v) is 6.23. The Labute approximate surface area is 178 Å². The molecule has 2 saturated carbocycles. The van der Waals surface area contributed by atoms with Crippen LogP contribution >= 0.6 is 11.6 Å². The number of nitrogens with one attached hydrogen (secondary N) is 2. The van der Waals surface area contributed by atoms with Crippen molar-refractivity contribution in [2.45, 2.75) is 48.5 Å². The summed E-state index contributed by atoms with van der Waals surface area (Å²) < 4.78 is 28.1. The minimum absolute atomic E-state index is 0.0357. The van der Waals surface area contributed by atoms with Gasteiger partial charge in [-0.25, -0.2) is 17.9 Å². The van der Waals surface area contributed by atoms with Gasteiger partial charge in [-0.05, 0) is 61.1 Å². The van der Waals surface area contributed by atoms with E-state index in [-0.39, 0.29) is 33.3 Å². The molecule has 2 aliphatic carbocycles. The number of carbonyl (C=O) groups is 2. The van der Waals surface area contributed by atoms with Crippen molar-refractivity contribution in [1.29, 1.82) is 0 Å². The lowest BCUT2D eigenvalue weighted by Crippen LogP contribution is -2.26. The third-order valence-electron chi connectivity index (χ3n) is 6.25. The Hall–Kier alpha value is -2.42. The van der Waals surface area contributed by atoms with Crippen LogP contribution in [0.1, 0.15) is 52.2 Å². The predicted octanol–water partition coefficient (Wildman–Crippen LogP) is 3.16. The van der Waals surface area contributed by atoms with Gasteiger partial charge in [0.05, 0.1) is 16.0 Å². The van der Waals surface area contributed by atoms with Crippen molar-refractivity contribution < 1.29 is 23.1 Å². The second kappa shape index (κ2) is 6.29. The number of fused-ring (bicyclic) bond motifs is 2. The molecule has 0 aromatic heterocycles. The van der Waals surface area contributed by atoms with Crippen molar-refractivity contribution in [2.24, 2.45) is 0 Å². The molecule has 7 nitrogen and oxygen atoms in total. The monoisotopic (exact) mass is 446 g/mol. The van der Waals surface area contributed by atoms with E-state index in [1.807, 2.05) is 6.07 Å². The Morgan fingerprint density at radius 1 is 1.27 bits per heavy atom. The van der Waals surface area contributed by atoms with Crippen LogP contribution in [0.5, 0.6) is 0 Å². The molecular weight excluding hydrogens is 428 g/mol. The number of hydrogen-bond donors (Lipinski definition) is 3. The Morgan fingerprint density at radius 2 is 2.00 bits per heavy atom. The van der Waals surface area contributed by atoms with Gasteiger partial charge < -0.3 is 10.4 Å². The molecule has 3 N–H and O–H groups in total. The second-order valence-corrected chi connectivity index (χ2v) is 10.4. The largest absolute Gasteiger partial charge is 0.478 e. The number of sulfonamides is 1. The standard InChI is InChI=1S/C21H19ClN2O5S/c1-10-2-3-11(6-13(10)19(25)26)15-9-21(15)14-7-18(30(28,29)24-12-4-5-12)16(22)8-17(14)23-20(21)27/h2-3,6-8,12,15,24H,4-5,9H2,1H3,(H,23,27)(H,25,26). The Bertz CT molecular complexity index is 1240. The number of amides is 1. The van der Waals surface area contributed by atoms with E-state index in [9.17, 15) is 23.1 Å². The van der Waals surface area contributed by atoms with Gasteiger partial charge in [0.1, 0.15) is 4.90 Å². The van der Waals surface area contributed by atoms with Crippen molar-refractivity contribution in [2.75, 3.05) is 5.32 Å². The fourth-order valence-electron chi connectivity index (χ4n) is 4.37. The van der Waals surface area contributed by atoms with Crippen LogP contribution in [0.15, 0.2) is 35.2 Å². The topological polar surface area (TPSA) is 113 Å². The Morgan fingerprint density at radius 3 is 2.67 bits per heavy atom. The molecule has 2 aromatic carbocycles. The molecule has 5 rings (SSSR count). The molecule has 2 unspecified atom stereocenters. The molecule has 3 aliphatic rings. The molecule has 0 radical (unpaired) electrons. The third-order valence-corrected chi connectivity index (χ3v) is 8.24. The lowest BCUT2D eigenvalue weighted by Gasteiger charge is -2.13. The first-order valence-corrected chi connectivity index (χ1v) is 11.5. The predicted molar refractivity (Wildman–Crippen MR) is 111 cm³/mol. The number of carboxylic acid groups (broad SMARTS) is 1. The van der Waals surface area contributed by atoms with Gasteiger partial charge in [0.15, 0.2) is 0 Å². The highest BCUT2D eigenvalue weighted by atomic mass is 35.5. The quantitative estimate of drug-likeness (QED) is 0.653. The number of rotatable bonds is 5. The molecule has 0 saturated heterocycles. The molecule has 0 bridgehead atoms. The van der Waals surface area contributed by atoms with Gasteiger partial charge in [0.25, 0.3) is 0 Å². The van der Waals surface area contributed by atoms with Gasteiger partial charge in [-0.15, -0.1) is 0 Å². The molecule has 9 heteroatoms. The first kappa shape index (κ1) is 19.5. The van der Waals surface area contributed by atoms with Crippen LogP contribution in [0.3, 0.4) is 0 Å². The molecule has 1 heterocycles. The number of halogens is 1. The van der Waals surface area contributed by atoms with E-state index < -0.39 is 21.4 Å². The molecule has 2 fully saturated rings. The minimum atomic E-state index is -3.79. The van der Waals surface area contributed by atoms with Crippen molar-refractivity contribution in [3.8, 4) is 0 Å². The molecule has 1 amide bonds. The van der Waals surface area contributed by atoms with Crippen LogP contribution in [0.25, 0.3) is 0 Å². The second-order valence-electron chi connectivity index (χ2n) is 8.29. The third kappa shape index (κ3) is 2.85. The number of anilines is 1. The van der Waals surface area contributed by atoms with E-state index in [1.165, 1.54) is 12.1 Å². The summed E-state index contributed by atoms with van der Waals surface area (Å²) in [5.41, 5.74) is 1.77. The molecular formula is C21H19ClN2O5S. The lowest BCUT2D eigenvalue weighted by atomic mass is 9.91. The summed E-state index contributed by atoms with van der Waals surface area (Å²) in [4.78, 5) is 24.4. The van der Waals surface area contributed by atoms with E-state index in [1.54, 1.807) is 19.1 Å². The summed E-state index contributed by atoms with van der Waals surface area (Å²) in [6.45, 7) is 1.72. The number of aryl methyl sites for hydroxylation is 1. The van der Waals surface area contributed by atoms with Gasteiger partial charge >= 0.3 is 5.97 Å². The maximum Gasteiger partial charge on any atom is 0.335 e. The lowest BCUT2D eigenvalue weighted by molar-refractivity contribution is -0.118. The number of hydrogen-bond acceptors (Lipinski definition) is 4. The van der Waals surface area contributed by atoms with Gasteiger partial charge in [-0.2, -0.15) is 0 Å². The zero-order valence-corrected chi connectivity index (χ0v) is 17.6. The maximum atomic E-state index is 12.9. The summed E-state index contributed by atoms with van der Waals surface area (Å²) in [7, 11) is -3.79. The highest BCUT2D eigenvalue weighted by Gasteiger charge is 2.65. The van der Waals surface area contributed by atoms with E-state index in [2.05, 4.69) is 10.0 Å². The highest BCUT2D eigenvalue weighted by molar-refractivity contribution is 7.89. The van der Waals surface area contributed by atoms with Gasteiger partial charge in [-0.1, -0.05) is 23.7 Å². The summed E-state index contributed by atoms with van der Waals surface area (Å²) in [5, 5.41) is 12.3. The highest BCUT2D eigenvalue weighted by Crippen LogP contribution is 2.65. The van der Waals surface area contributed by atoms with Crippen LogP contribution in [0, 0.1) is 6.92 Å². The molecule has 30 heavy (non-hydrogen) atoms. The smallest absolute Gasteiger partial charge is 0.335 e. The molecule has 1 aliphatic heterocycles. The van der Waals surface area contributed by atoms with Crippen LogP contribution in [-0.4, -0.2) is 31.4 Å². The number of carboxylic acids is 1. The van der Waals surface area contributed by atoms with Crippen molar-refractivity contribution in [3.63, 3.8) is 0 Å². The van der Waals surface area contributed by atoms with Crippen molar-refractivity contribution in [1.82, 2.24) is 4.72 Å². The number of aromatic carboxylic acids is 1. The Balaban J connectivity index is 1.57. The summed E-state index contributed by atoms with van der Waals surface area (Å²) >= 11 is 6.25. The van der Waals surface area contributed by atoms with Crippen LogP contribution < -0.4 is 10.0 Å². The molecule has 2 atom stereocenters. The van der Waals surface area contributed by atoms with Crippen molar-refractivity contribution in [3.05, 3.63) is 57.6 Å². The minimum Gasteiger partial charge on any atom is -0.478 e. The fraction of sp³-hybridized carbons (Fsp3) is 0.333. The Kier molecular flexibility index (Phi) is 4.10. The summed E-state index contributed by atoms with van der Waals surface area (Å²) in [6.07, 6.45) is 2.07. The SMILES string of the molecule is Cc1ccc(C2CC23C(=O)Nc2cc(Cl)c(S(=O)(=O)NC4CC4)cc23)cc1C(=O)O. The maximum absolute atomic E-state index is 12.9. The average Bonchev–Trinajstić information content (AvgIpc) is 3.56. The van der Waals surface area contributed by atoms with E-state index >= 15 is 0 Å². The average molecular weight is 447 g/mol. The summed E-state index contributed by atoms with van der Waals surface area (Å²) in [5.74, 6) is -1.47.